The summed E-state index contributed by atoms with van der Waals surface area (Å²) in [6.07, 6.45) is -2.90. The van der Waals surface area contributed by atoms with E-state index in [1.807, 2.05) is 0 Å². The lowest BCUT2D eigenvalue weighted by atomic mass is 10.1. The van der Waals surface area contributed by atoms with Gasteiger partial charge in [0, 0.05) is 4.47 Å². The van der Waals surface area contributed by atoms with Crippen molar-refractivity contribution in [1.29, 1.82) is 0 Å². The van der Waals surface area contributed by atoms with Gasteiger partial charge in [-0.15, -0.1) is 0 Å². The van der Waals surface area contributed by atoms with Crippen LogP contribution in [0.1, 0.15) is 5.56 Å². The van der Waals surface area contributed by atoms with Crippen LogP contribution in [0.25, 0.3) is 0 Å². The maximum atomic E-state index is 12.8. The Hall–Kier alpha value is -0.620. The Morgan fingerprint density at radius 3 is 2.27 bits per heavy atom. The van der Waals surface area contributed by atoms with Crippen molar-refractivity contribution < 1.29 is 17.6 Å². The number of nitrogens with two attached hydrogens (primary N) is 1. The minimum Gasteiger partial charge on any atom is -0.323 e. The fourth-order valence-corrected chi connectivity index (χ4v) is 1.54. The van der Waals surface area contributed by atoms with Crippen molar-refractivity contribution in [3.8, 4) is 0 Å². The zero-order chi connectivity index (χ0) is 11.6. The van der Waals surface area contributed by atoms with Crippen LogP contribution in [-0.4, -0.2) is 12.5 Å². The molecule has 0 fully saturated rings. The highest BCUT2D eigenvalue weighted by Gasteiger charge is 2.18. The van der Waals surface area contributed by atoms with E-state index in [2.05, 4.69) is 15.9 Å². The summed E-state index contributed by atoms with van der Waals surface area (Å²) in [4.78, 5) is 0. The Bertz CT molecular complexity index is 356. The van der Waals surface area contributed by atoms with E-state index in [9.17, 15) is 17.6 Å². The molecule has 0 spiro atoms. The first-order chi connectivity index (χ1) is 6.91. The summed E-state index contributed by atoms with van der Waals surface area (Å²) in [6.45, 7) is 0. The summed E-state index contributed by atoms with van der Waals surface area (Å²) in [5, 5.41) is 0. The molecule has 0 saturated heterocycles. The topological polar surface area (TPSA) is 26.0 Å². The molecule has 1 aromatic rings. The van der Waals surface area contributed by atoms with Crippen molar-refractivity contribution in [2.24, 2.45) is 5.73 Å². The number of alkyl halides is 2. The van der Waals surface area contributed by atoms with E-state index in [1.54, 1.807) is 0 Å². The van der Waals surface area contributed by atoms with E-state index < -0.39 is 24.1 Å². The molecule has 0 aliphatic carbocycles. The summed E-state index contributed by atoms with van der Waals surface area (Å²) in [5.41, 5.74) is 5.34. The third-order valence-electron chi connectivity index (χ3n) is 1.87. The Balaban J connectivity index is 2.91. The normalized spacial score (nSPS) is 13.3. The molecule has 0 saturated carbocycles. The maximum absolute atomic E-state index is 12.8. The minimum atomic E-state index is -2.69. The summed E-state index contributed by atoms with van der Waals surface area (Å²) in [7, 11) is 0. The van der Waals surface area contributed by atoms with E-state index in [-0.39, 0.29) is 16.5 Å². The second kappa shape index (κ2) is 4.94. The van der Waals surface area contributed by atoms with Crippen LogP contribution in [-0.2, 0) is 6.42 Å². The molecule has 2 N–H and O–H groups in total. The van der Waals surface area contributed by atoms with Crippen molar-refractivity contribution in [1.82, 2.24) is 0 Å². The predicted octanol–water partition coefficient (Wildman–Crippen LogP) is 2.86. The molecule has 0 radical (unpaired) electrons. The van der Waals surface area contributed by atoms with E-state index in [0.717, 1.165) is 12.1 Å². The van der Waals surface area contributed by atoms with Gasteiger partial charge in [0.1, 0.15) is 0 Å². The van der Waals surface area contributed by atoms with Crippen molar-refractivity contribution in [3.63, 3.8) is 0 Å². The molecule has 1 unspecified atom stereocenters. The lowest BCUT2D eigenvalue weighted by Gasteiger charge is -2.11. The van der Waals surface area contributed by atoms with Gasteiger partial charge in [0.25, 0.3) is 6.43 Å². The molecule has 0 bridgehead atoms. The average Bonchev–Trinajstić information content (AvgIpc) is 2.13. The van der Waals surface area contributed by atoms with E-state index in [0.29, 0.717) is 0 Å². The van der Waals surface area contributed by atoms with Gasteiger partial charge in [-0.05, 0) is 24.1 Å². The molecule has 0 aliphatic heterocycles. The Kier molecular flexibility index (Phi) is 4.10. The number of halogens is 5. The molecule has 0 amide bonds. The highest BCUT2D eigenvalue weighted by Crippen LogP contribution is 2.22. The van der Waals surface area contributed by atoms with Crippen LogP contribution in [0.15, 0.2) is 16.6 Å². The Labute approximate surface area is 92.4 Å². The van der Waals surface area contributed by atoms with Crippen LogP contribution in [0, 0.1) is 11.6 Å². The second-order valence-corrected chi connectivity index (χ2v) is 3.91. The highest BCUT2D eigenvalue weighted by molar-refractivity contribution is 9.10. The second-order valence-electron chi connectivity index (χ2n) is 3.06. The first kappa shape index (κ1) is 12.4. The van der Waals surface area contributed by atoms with Crippen LogP contribution in [0.5, 0.6) is 0 Å². The zero-order valence-electron chi connectivity index (χ0n) is 7.48. The van der Waals surface area contributed by atoms with Gasteiger partial charge in [0.2, 0.25) is 0 Å². The van der Waals surface area contributed by atoms with Gasteiger partial charge in [-0.25, -0.2) is 17.6 Å². The SMILES string of the molecule is NC(Cc1cc(F)c(F)cc1Br)C(F)F. The molecule has 84 valence electrons. The van der Waals surface area contributed by atoms with Gasteiger partial charge in [0.05, 0.1) is 6.04 Å². The maximum Gasteiger partial charge on any atom is 0.253 e. The molecule has 15 heavy (non-hydrogen) atoms. The van der Waals surface area contributed by atoms with Gasteiger partial charge < -0.3 is 5.73 Å². The number of benzene rings is 1. The van der Waals surface area contributed by atoms with E-state index in [4.69, 9.17) is 5.73 Å². The van der Waals surface area contributed by atoms with Crippen LogP contribution < -0.4 is 5.73 Å². The third-order valence-corrected chi connectivity index (χ3v) is 2.61. The molecule has 6 heteroatoms. The average molecular weight is 286 g/mol. The first-order valence-corrected chi connectivity index (χ1v) is 4.88. The van der Waals surface area contributed by atoms with E-state index in [1.165, 1.54) is 0 Å². The molecule has 0 aliphatic rings. The lowest BCUT2D eigenvalue weighted by Crippen LogP contribution is -2.31. The summed E-state index contributed by atoms with van der Waals surface area (Å²) in [5.74, 6) is -2.11. The molecule has 1 nitrogen and oxygen atoms in total. The largest absolute Gasteiger partial charge is 0.323 e. The third kappa shape index (κ3) is 3.17. The summed E-state index contributed by atoms with van der Waals surface area (Å²) >= 11 is 2.95. The van der Waals surface area contributed by atoms with Crippen LogP contribution in [0.3, 0.4) is 0 Å². The zero-order valence-corrected chi connectivity index (χ0v) is 9.07. The van der Waals surface area contributed by atoms with Crippen molar-refractivity contribution in [2.75, 3.05) is 0 Å². The summed E-state index contributed by atoms with van der Waals surface area (Å²) in [6, 6.07) is 0.371. The van der Waals surface area contributed by atoms with Crippen LogP contribution in [0.4, 0.5) is 17.6 Å². The van der Waals surface area contributed by atoms with E-state index >= 15 is 0 Å². The Morgan fingerprint density at radius 1 is 1.20 bits per heavy atom. The van der Waals surface area contributed by atoms with Crippen LogP contribution in [0.2, 0.25) is 0 Å². The molecule has 1 atom stereocenters. The fourth-order valence-electron chi connectivity index (χ4n) is 1.06. The van der Waals surface area contributed by atoms with Gasteiger partial charge in [-0.1, -0.05) is 15.9 Å². The minimum absolute atomic E-state index is 0.213. The first-order valence-electron chi connectivity index (χ1n) is 4.09. The summed E-state index contributed by atoms with van der Waals surface area (Å²) < 4.78 is 49.9. The van der Waals surface area contributed by atoms with Gasteiger partial charge >= 0.3 is 0 Å². The molecule has 0 heterocycles. The quantitative estimate of drug-likeness (QED) is 0.671. The molecule has 0 aromatic heterocycles. The van der Waals surface area contributed by atoms with Crippen molar-refractivity contribution in [2.45, 2.75) is 18.9 Å². The molecule has 1 rings (SSSR count). The van der Waals surface area contributed by atoms with Crippen LogP contribution >= 0.6 is 15.9 Å². The van der Waals surface area contributed by atoms with Gasteiger partial charge in [-0.2, -0.15) is 0 Å². The van der Waals surface area contributed by atoms with Gasteiger partial charge in [-0.3, -0.25) is 0 Å². The Morgan fingerprint density at radius 2 is 1.73 bits per heavy atom. The molecule has 1 aromatic carbocycles. The number of hydrogen-bond acceptors (Lipinski definition) is 1. The standard InChI is InChI=1S/C9H8BrF4N/c10-5-3-7(12)6(11)1-4(5)2-8(15)9(13)14/h1,3,8-9H,2,15H2. The highest BCUT2D eigenvalue weighted by atomic mass is 79.9. The molecular formula is C9H8BrF4N. The molecular weight excluding hydrogens is 278 g/mol. The monoisotopic (exact) mass is 285 g/mol. The number of hydrogen-bond donors (Lipinski definition) is 1. The smallest absolute Gasteiger partial charge is 0.253 e. The van der Waals surface area contributed by atoms with Gasteiger partial charge in [0.15, 0.2) is 11.6 Å². The predicted molar refractivity (Wildman–Crippen MR) is 51.7 cm³/mol. The van der Waals surface area contributed by atoms with Crippen molar-refractivity contribution in [3.05, 3.63) is 33.8 Å². The number of rotatable bonds is 3. The fraction of sp³-hybridized carbons (Fsp3) is 0.333. The lowest BCUT2D eigenvalue weighted by molar-refractivity contribution is 0.116. The van der Waals surface area contributed by atoms with Crippen molar-refractivity contribution >= 4 is 15.9 Å².